The first-order valence-corrected chi connectivity index (χ1v) is 5.12. The zero-order valence-electron chi connectivity index (χ0n) is 8.55. The third-order valence-electron chi connectivity index (χ3n) is 2.32. The molecule has 2 rings (SSSR count). The van der Waals surface area contributed by atoms with E-state index in [4.69, 9.17) is 18.2 Å². The van der Waals surface area contributed by atoms with E-state index in [2.05, 4.69) is 4.85 Å². The lowest BCUT2D eigenvalue weighted by Gasteiger charge is -2.06. The van der Waals surface area contributed by atoms with Crippen LogP contribution in [-0.2, 0) is 0 Å². The van der Waals surface area contributed by atoms with Crippen molar-refractivity contribution in [1.29, 1.82) is 0 Å². The van der Waals surface area contributed by atoms with Crippen molar-refractivity contribution in [3.63, 3.8) is 0 Å². The van der Waals surface area contributed by atoms with E-state index in [1.165, 1.54) is 36.4 Å². The summed E-state index contributed by atoms with van der Waals surface area (Å²) in [4.78, 5) is 3.18. The van der Waals surface area contributed by atoms with Gasteiger partial charge in [-0.2, -0.15) is 0 Å². The van der Waals surface area contributed by atoms with Gasteiger partial charge in [-0.15, -0.1) is 0 Å². The van der Waals surface area contributed by atoms with Gasteiger partial charge in [0, 0.05) is 5.02 Å². The van der Waals surface area contributed by atoms with Gasteiger partial charge in [-0.3, -0.25) is 0 Å². The SMILES string of the molecule is [C-]#[N+]c1ccc(-c2c(F)cccc2F)cc1Cl. The molecule has 0 radical (unpaired) electrons. The van der Waals surface area contributed by atoms with Crippen LogP contribution in [0.3, 0.4) is 0 Å². The van der Waals surface area contributed by atoms with Crippen LogP contribution in [0, 0.1) is 18.2 Å². The van der Waals surface area contributed by atoms with Crippen molar-refractivity contribution in [2.24, 2.45) is 0 Å². The lowest BCUT2D eigenvalue weighted by molar-refractivity contribution is 0.589. The van der Waals surface area contributed by atoms with Gasteiger partial charge in [-0.25, -0.2) is 13.6 Å². The molecule has 4 heteroatoms. The molecule has 0 aliphatic carbocycles. The second-order valence-corrected chi connectivity index (χ2v) is 3.78. The number of nitrogens with zero attached hydrogens (tertiary/aromatic N) is 1. The van der Waals surface area contributed by atoms with Crippen molar-refractivity contribution >= 4 is 17.3 Å². The second-order valence-electron chi connectivity index (χ2n) is 3.37. The van der Waals surface area contributed by atoms with Gasteiger partial charge < -0.3 is 0 Å². The molecule has 0 heterocycles. The van der Waals surface area contributed by atoms with Gasteiger partial charge >= 0.3 is 0 Å². The van der Waals surface area contributed by atoms with Gasteiger partial charge in [0.15, 0.2) is 0 Å². The van der Waals surface area contributed by atoms with E-state index in [0.29, 0.717) is 5.56 Å². The van der Waals surface area contributed by atoms with E-state index in [-0.39, 0.29) is 16.3 Å². The first-order chi connectivity index (χ1) is 8.13. The Balaban J connectivity index is 2.63. The molecule has 0 aliphatic heterocycles. The fourth-order valence-electron chi connectivity index (χ4n) is 1.53. The average molecular weight is 250 g/mol. The van der Waals surface area contributed by atoms with Gasteiger partial charge in [0.25, 0.3) is 0 Å². The largest absolute Gasteiger partial charge is 0.237 e. The Morgan fingerprint density at radius 3 is 2.24 bits per heavy atom. The minimum Gasteiger partial charge on any atom is -0.237 e. The summed E-state index contributed by atoms with van der Waals surface area (Å²) in [5.41, 5.74) is 0.441. The molecule has 0 saturated heterocycles. The number of hydrogen-bond donors (Lipinski definition) is 0. The van der Waals surface area contributed by atoms with Gasteiger partial charge in [-0.1, -0.05) is 29.8 Å². The van der Waals surface area contributed by atoms with Crippen LogP contribution in [0.4, 0.5) is 14.5 Å². The molecule has 2 aromatic carbocycles. The zero-order chi connectivity index (χ0) is 12.4. The topological polar surface area (TPSA) is 4.36 Å². The van der Waals surface area contributed by atoms with Gasteiger partial charge in [0.05, 0.1) is 12.1 Å². The molecule has 0 unspecified atom stereocenters. The molecule has 0 amide bonds. The van der Waals surface area contributed by atoms with Crippen molar-refractivity contribution in [1.82, 2.24) is 0 Å². The third kappa shape index (κ3) is 2.13. The first-order valence-electron chi connectivity index (χ1n) is 4.75. The zero-order valence-corrected chi connectivity index (χ0v) is 9.30. The highest BCUT2D eigenvalue weighted by Crippen LogP contribution is 2.32. The van der Waals surface area contributed by atoms with E-state index >= 15 is 0 Å². The Bertz CT molecular complexity index is 597. The number of rotatable bonds is 1. The van der Waals surface area contributed by atoms with Crippen molar-refractivity contribution in [2.45, 2.75) is 0 Å². The number of benzene rings is 2. The van der Waals surface area contributed by atoms with Gasteiger partial charge in [0.1, 0.15) is 11.6 Å². The summed E-state index contributed by atoms with van der Waals surface area (Å²) in [7, 11) is 0. The fourth-order valence-corrected chi connectivity index (χ4v) is 1.75. The van der Waals surface area contributed by atoms with Gasteiger partial charge in [0.2, 0.25) is 5.69 Å². The van der Waals surface area contributed by atoms with Crippen LogP contribution in [0.25, 0.3) is 16.0 Å². The first kappa shape index (κ1) is 11.6. The summed E-state index contributed by atoms with van der Waals surface area (Å²) in [6.07, 6.45) is 0. The molecular weight excluding hydrogens is 244 g/mol. The molecule has 17 heavy (non-hydrogen) atoms. The summed E-state index contributed by atoms with van der Waals surface area (Å²) in [5.74, 6) is -1.31. The molecule has 0 aromatic heterocycles. The van der Waals surface area contributed by atoms with E-state index in [1.54, 1.807) is 0 Å². The molecule has 0 fully saturated rings. The van der Waals surface area contributed by atoms with Crippen LogP contribution in [0.5, 0.6) is 0 Å². The Morgan fingerprint density at radius 2 is 1.71 bits per heavy atom. The highest BCUT2D eigenvalue weighted by atomic mass is 35.5. The summed E-state index contributed by atoms with van der Waals surface area (Å²) >= 11 is 5.83. The number of hydrogen-bond acceptors (Lipinski definition) is 0. The third-order valence-corrected chi connectivity index (χ3v) is 2.62. The lowest BCUT2D eigenvalue weighted by Crippen LogP contribution is -1.89. The summed E-state index contributed by atoms with van der Waals surface area (Å²) in [5, 5.41) is 0.181. The standard InChI is InChI=1S/C13H6ClF2N/c1-17-12-6-5-8(7-9(12)14)13-10(15)3-2-4-11(13)16/h2-7H. The highest BCUT2D eigenvalue weighted by Gasteiger charge is 2.12. The molecule has 0 saturated carbocycles. The van der Waals surface area contributed by atoms with Crippen LogP contribution in [-0.4, -0.2) is 0 Å². The monoisotopic (exact) mass is 249 g/mol. The predicted molar refractivity (Wildman–Crippen MR) is 63.1 cm³/mol. The van der Waals surface area contributed by atoms with E-state index < -0.39 is 11.6 Å². The smallest absolute Gasteiger partial charge is 0.205 e. The summed E-state index contributed by atoms with van der Waals surface area (Å²) in [6.45, 7) is 6.84. The second kappa shape index (κ2) is 4.52. The van der Waals surface area contributed by atoms with Crippen LogP contribution in [0.1, 0.15) is 0 Å². The summed E-state index contributed by atoms with van der Waals surface area (Å²) < 4.78 is 27.0. The van der Waals surface area contributed by atoms with Crippen molar-refractivity contribution in [3.8, 4) is 11.1 Å². The lowest BCUT2D eigenvalue weighted by atomic mass is 10.0. The minimum atomic E-state index is -0.656. The normalized spacial score (nSPS) is 10.0. The molecule has 0 N–H and O–H groups in total. The number of halogens is 3. The Kier molecular flexibility index (Phi) is 3.08. The molecule has 84 valence electrons. The maximum absolute atomic E-state index is 13.5. The van der Waals surface area contributed by atoms with Crippen LogP contribution in [0.15, 0.2) is 36.4 Å². The maximum Gasteiger partial charge on any atom is 0.205 e. The summed E-state index contributed by atoms with van der Waals surface area (Å²) in [6, 6.07) is 7.95. The van der Waals surface area contributed by atoms with Crippen molar-refractivity contribution in [3.05, 3.63) is 64.5 Å². The van der Waals surface area contributed by atoms with Crippen LogP contribution >= 0.6 is 11.6 Å². The highest BCUT2D eigenvalue weighted by molar-refractivity contribution is 6.33. The predicted octanol–water partition coefficient (Wildman–Crippen LogP) is 4.84. The molecule has 0 aliphatic rings. The Hall–Kier alpha value is -1.92. The fraction of sp³-hybridized carbons (Fsp3) is 0. The van der Waals surface area contributed by atoms with Crippen LogP contribution in [0.2, 0.25) is 5.02 Å². The molecule has 0 atom stereocenters. The average Bonchev–Trinajstić information content (AvgIpc) is 2.29. The molecule has 1 nitrogen and oxygen atoms in total. The van der Waals surface area contributed by atoms with Gasteiger partial charge in [-0.05, 0) is 23.8 Å². The van der Waals surface area contributed by atoms with E-state index in [0.717, 1.165) is 0 Å². The van der Waals surface area contributed by atoms with Crippen molar-refractivity contribution in [2.75, 3.05) is 0 Å². The Labute approximate surface area is 102 Å². The molecular formula is C13H6ClF2N. The molecule has 0 spiro atoms. The Morgan fingerprint density at radius 1 is 1.06 bits per heavy atom. The molecule has 2 aromatic rings. The van der Waals surface area contributed by atoms with Crippen molar-refractivity contribution < 1.29 is 8.78 Å². The quantitative estimate of drug-likeness (QED) is 0.637. The van der Waals surface area contributed by atoms with Crippen LogP contribution < -0.4 is 0 Å². The minimum absolute atomic E-state index is 0.133. The van der Waals surface area contributed by atoms with E-state index in [1.807, 2.05) is 0 Å². The van der Waals surface area contributed by atoms with E-state index in [9.17, 15) is 8.78 Å². The molecule has 0 bridgehead atoms. The maximum atomic E-state index is 13.5.